The number of nitrogens with one attached hydrogen (secondary N) is 2. The molecule has 20 heavy (non-hydrogen) atoms. The highest BCUT2D eigenvalue weighted by molar-refractivity contribution is 5.51. The van der Waals surface area contributed by atoms with Crippen molar-refractivity contribution >= 4 is 5.69 Å². The fraction of sp³-hybridized carbons (Fsp3) is 0.400. The Hall–Kier alpha value is -2.01. The zero-order valence-electron chi connectivity index (χ0n) is 12.2. The van der Waals surface area contributed by atoms with Crippen LogP contribution in [0.4, 0.5) is 5.69 Å². The number of aliphatic hydroxyl groups is 1. The van der Waals surface area contributed by atoms with Crippen LogP contribution in [0.5, 0.6) is 5.75 Å². The zero-order valence-corrected chi connectivity index (χ0v) is 12.2. The summed E-state index contributed by atoms with van der Waals surface area (Å²) in [6.45, 7) is 7.18. The minimum Gasteiger partial charge on any atom is -0.494 e. The van der Waals surface area contributed by atoms with E-state index in [0.29, 0.717) is 13.2 Å². The van der Waals surface area contributed by atoms with Crippen molar-refractivity contribution in [3.63, 3.8) is 0 Å². The second-order valence-corrected chi connectivity index (χ2v) is 4.68. The average Bonchev–Trinajstić information content (AvgIpc) is 2.77. The summed E-state index contributed by atoms with van der Waals surface area (Å²) in [5.41, 5.74) is 4.99. The van der Waals surface area contributed by atoms with Crippen LogP contribution in [0.25, 0.3) is 0 Å². The number of rotatable bonds is 6. The molecule has 0 amide bonds. The lowest BCUT2D eigenvalue weighted by atomic mass is 10.1. The number of aromatic amines is 1. The van der Waals surface area contributed by atoms with Crippen LogP contribution in [0.2, 0.25) is 0 Å². The highest BCUT2D eigenvalue weighted by Gasteiger charge is 2.07. The highest BCUT2D eigenvalue weighted by Crippen LogP contribution is 2.23. The fourth-order valence-electron chi connectivity index (χ4n) is 2.13. The molecule has 108 valence electrons. The first kappa shape index (κ1) is 14.4. The lowest BCUT2D eigenvalue weighted by Gasteiger charge is -2.12. The van der Waals surface area contributed by atoms with Gasteiger partial charge in [-0.15, -0.1) is 0 Å². The third-order valence-electron chi connectivity index (χ3n) is 3.28. The van der Waals surface area contributed by atoms with Crippen molar-refractivity contribution in [3.8, 4) is 5.75 Å². The van der Waals surface area contributed by atoms with Crippen LogP contribution in [0, 0.1) is 13.8 Å². The monoisotopic (exact) mass is 275 g/mol. The second-order valence-electron chi connectivity index (χ2n) is 4.68. The zero-order chi connectivity index (χ0) is 14.5. The maximum atomic E-state index is 9.39. The largest absolute Gasteiger partial charge is 0.494 e. The Labute approximate surface area is 119 Å². The molecule has 0 atom stereocenters. The van der Waals surface area contributed by atoms with Crippen LogP contribution in [0.1, 0.15) is 29.4 Å². The fourth-order valence-corrected chi connectivity index (χ4v) is 2.13. The van der Waals surface area contributed by atoms with Crippen molar-refractivity contribution in [1.29, 1.82) is 0 Å². The standard InChI is InChI=1S/C15H21N3O2/c1-4-20-15-6-5-13(7-12(15)9-19)16-8-14-10(2)17-18-11(14)3/h5-7,16,19H,4,8-9H2,1-3H3,(H,17,18). The Balaban J connectivity index is 2.10. The van der Waals surface area contributed by atoms with Crippen molar-refractivity contribution in [3.05, 3.63) is 40.7 Å². The maximum Gasteiger partial charge on any atom is 0.124 e. The molecule has 0 radical (unpaired) electrons. The van der Waals surface area contributed by atoms with Crippen molar-refractivity contribution in [2.75, 3.05) is 11.9 Å². The molecule has 2 rings (SSSR count). The Bertz CT molecular complexity index is 559. The Kier molecular flexibility index (Phi) is 4.63. The number of benzene rings is 1. The van der Waals surface area contributed by atoms with Crippen molar-refractivity contribution in [2.45, 2.75) is 33.9 Å². The maximum absolute atomic E-state index is 9.39. The first-order chi connectivity index (χ1) is 9.65. The number of nitrogens with zero attached hydrogens (tertiary/aromatic N) is 1. The summed E-state index contributed by atoms with van der Waals surface area (Å²) < 4.78 is 5.47. The number of hydrogen-bond acceptors (Lipinski definition) is 4. The van der Waals surface area contributed by atoms with E-state index in [1.807, 2.05) is 39.0 Å². The molecular formula is C15H21N3O2. The van der Waals surface area contributed by atoms with Crippen LogP contribution < -0.4 is 10.1 Å². The number of aliphatic hydroxyl groups excluding tert-OH is 1. The minimum atomic E-state index is -0.0331. The van der Waals surface area contributed by atoms with Crippen molar-refractivity contribution < 1.29 is 9.84 Å². The first-order valence-corrected chi connectivity index (χ1v) is 6.76. The normalized spacial score (nSPS) is 10.6. The first-order valence-electron chi connectivity index (χ1n) is 6.76. The summed E-state index contributed by atoms with van der Waals surface area (Å²) in [5.74, 6) is 0.733. The van der Waals surface area contributed by atoms with Gasteiger partial charge >= 0.3 is 0 Å². The van der Waals surface area contributed by atoms with E-state index in [1.54, 1.807) is 0 Å². The molecular weight excluding hydrogens is 254 g/mol. The van der Waals surface area contributed by atoms with Gasteiger partial charge in [0, 0.05) is 29.1 Å². The van der Waals surface area contributed by atoms with Crippen LogP contribution in [-0.2, 0) is 13.2 Å². The summed E-state index contributed by atoms with van der Waals surface area (Å²) in [7, 11) is 0. The van der Waals surface area contributed by atoms with Gasteiger partial charge in [0.2, 0.25) is 0 Å². The quantitative estimate of drug-likeness (QED) is 0.757. The summed E-state index contributed by atoms with van der Waals surface area (Å²) in [4.78, 5) is 0. The van der Waals surface area contributed by atoms with Crippen molar-refractivity contribution in [2.24, 2.45) is 0 Å². The minimum absolute atomic E-state index is 0.0331. The van der Waals surface area contributed by atoms with Gasteiger partial charge < -0.3 is 15.2 Å². The molecule has 1 aromatic heterocycles. The van der Waals surface area contributed by atoms with E-state index in [9.17, 15) is 5.11 Å². The molecule has 0 aliphatic rings. The summed E-state index contributed by atoms with van der Waals surface area (Å²) in [5, 5.41) is 19.9. The number of hydrogen-bond donors (Lipinski definition) is 3. The van der Waals surface area contributed by atoms with Crippen LogP contribution in [-0.4, -0.2) is 21.9 Å². The van der Waals surface area contributed by atoms with Gasteiger partial charge in [0.15, 0.2) is 0 Å². The van der Waals surface area contributed by atoms with Gasteiger partial charge in [0.05, 0.1) is 18.9 Å². The topological polar surface area (TPSA) is 70.2 Å². The molecule has 1 heterocycles. The number of aromatic nitrogens is 2. The summed E-state index contributed by atoms with van der Waals surface area (Å²) >= 11 is 0. The van der Waals surface area contributed by atoms with E-state index in [0.717, 1.165) is 28.4 Å². The summed E-state index contributed by atoms with van der Waals surface area (Å²) in [6.07, 6.45) is 0. The molecule has 0 bridgehead atoms. The number of H-pyrrole nitrogens is 1. The van der Waals surface area contributed by atoms with Crippen LogP contribution >= 0.6 is 0 Å². The van der Waals surface area contributed by atoms with E-state index in [-0.39, 0.29) is 6.61 Å². The predicted octanol–water partition coefficient (Wildman–Crippen LogP) is 2.53. The molecule has 0 spiro atoms. The average molecular weight is 275 g/mol. The molecule has 5 heteroatoms. The molecule has 3 N–H and O–H groups in total. The Morgan fingerprint density at radius 1 is 1.35 bits per heavy atom. The van der Waals surface area contributed by atoms with Gasteiger partial charge in [-0.3, -0.25) is 5.10 Å². The van der Waals surface area contributed by atoms with E-state index in [1.165, 1.54) is 5.56 Å². The second kappa shape index (κ2) is 6.43. The van der Waals surface area contributed by atoms with Gasteiger partial charge in [-0.1, -0.05) is 0 Å². The molecule has 0 aliphatic carbocycles. The Morgan fingerprint density at radius 2 is 2.15 bits per heavy atom. The molecule has 0 unspecified atom stereocenters. The van der Waals surface area contributed by atoms with Crippen molar-refractivity contribution in [1.82, 2.24) is 10.2 Å². The van der Waals surface area contributed by atoms with Gasteiger partial charge in [-0.05, 0) is 39.0 Å². The molecule has 0 fully saturated rings. The number of anilines is 1. The third kappa shape index (κ3) is 3.11. The van der Waals surface area contributed by atoms with E-state index in [2.05, 4.69) is 15.5 Å². The molecule has 0 saturated heterocycles. The van der Waals surface area contributed by atoms with E-state index < -0.39 is 0 Å². The van der Waals surface area contributed by atoms with Crippen LogP contribution in [0.15, 0.2) is 18.2 Å². The van der Waals surface area contributed by atoms with Gasteiger partial charge in [-0.2, -0.15) is 5.10 Å². The van der Waals surface area contributed by atoms with Crippen LogP contribution in [0.3, 0.4) is 0 Å². The third-order valence-corrected chi connectivity index (χ3v) is 3.28. The SMILES string of the molecule is CCOc1ccc(NCc2c(C)n[nH]c2C)cc1CO. The predicted molar refractivity (Wildman–Crippen MR) is 78.9 cm³/mol. The Morgan fingerprint density at radius 3 is 2.75 bits per heavy atom. The van der Waals surface area contributed by atoms with Gasteiger partial charge in [0.1, 0.15) is 5.75 Å². The summed E-state index contributed by atoms with van der Waals surface area (Å²) in [6, 6.07) is 5.75. The smallest absolute Gasteiger partial charge is 0.124 e. The molecule has 0 aliphatic heterocycles. The number of ether oxygens (including phenoxy) is 1. The van der Waals surface area contributed by atoms with E-state index >= 15 is 0 Å². The lowest BCUT2D eigenvalue weighted by Crippen LogP contribution is -2.03. The van der Waals surface area contributed by atoms with Gasteiger partial charge in [0.25, 0.3) is 0 Å². The molecule has 1 aromatic carbocycles. The molecule has 0 saturated carbocycles. The molecule has 2 aromatic rings. The van der Waals surface area contributed by atoms with Gasteiger partial charge in [-0.25, -0.2) is 0 Å². The number of aryl methyl sites for hydroxylation is 2. The van der Waals surface area contributed by atoms with E-state index in [4.69, 9.17) is 4.74 Å². The lowest BCUT2D eigenvalue weighted by molar-refractivity contribution is 0.267. The molecule has 5 nitrogen and oxygen atoms in total. The highest BCUT2D eigenvalue weighted by atomic mass is 16.5.